The van der Waals surface area contributed by atoms with E-state index in [4.69, 9.17) is 0 Å². The van der Waals surface area contributed by atoms with Gasteiger partial charge in [-0.25, -0.2) is 4.98 Å². The average Bonchev–Trinajstić information content (AvgIpc) is 2.71. The van der Waals surface area contributed by atoms with E-state index in [0.717, 1.165) is 4.90 Å². The molecule has 1 aliphatic heterocycles. The minimum absolute atomic E-state index is 0.0628. The summed E-state index contributed by atoms with van der Waals surface area (Å²) in [6.07, 6.45) is -10.7. The van der Waals surface area contributed by atoms with Crippen molar-refractivity contribution in [2.45, 2.75) is 12.4 Å². The van der Waals surface area contributed by atoms with Gasteiger partial charge in [-0.15, -0.1) is 0 Å². The van der Waals surface area contributed by atoms with Gasteiger partial charge in [0.15, 0.2) is 11.4 Å². The number of piperazine rings is 1. The first-order valence-corrected chi connectivity index (χ1v) is 8.73. The molecular weight excluding hydrogens is 414 g/mol. The van der Waals surface area contributed by atoms with E-state index in [9.17, 15) is 36.4 Å². The second-order valence-corrected chi connectivity index (χ2v) is 6.45. The van der Waals surface area contributed by atoms with Gasteiger partial charge in [0.05, 0.1) is 11.1 Å². The maximum Gasteiger partial charge on any atom is 0.434 e. The molecule has 1 saturated heterocycles. The van der Waals surface area contributed by atoms with Crippen LogP contribution in [-0.2, 0) is 12.4 Å². The fourth-order valence-corrected chi connectivity index (χ4v) is 3.23. The summed E-state index contributed by atoms with van der Waals surface area (Å²) in [6, 6.07) is 8.07. The number of nitrogens with one attached hydrogen (secondary N) is 1. The molecule has 1 fully saturated rings. The number of halogens is 6. The van der Waals surface area contributed by atoms with Crippen LogP contribution in [0.2, 0.25) is 0 Å². The maximum atomic E-state index is 13.8. The summed E-state index contributed by atoms with van der Waals surface area (Å²) in [5.74, 6) is -1.12. The van der Waals surface area contributed by atoms with Crippen LogP contribution in [0.25, 0.3) is 11.1 Å². The Hall–Kier alpha value is -3.13. The Kier molecular flexibility index (Phi) is 5.72. The normalized spacial score (nSPS) is 15.0. The molecule has 0 bridgehead atoms. The number of carbonyl (C=O) groups excluding carboxylic acids is 1. The van der Waals surface area contributed by atoms with E-state index in [2.05, 4.69) is 10.3 Å². The van der Waals surface area contributed by atoms with Gasteiger partial charge in [0, 0.05) is 31.7 Å². The zero-order chi connectivity index (χ0) is 22.1. The quantitative estimate of drug-likeness (QED) is 0.741. The smallest absolute Gasteiger partial charge is 0.336 e. The number of nitriles is 1. The largest absolute Gasteiger partial charge is 0.434 e. The molecule has 1 N–H and O–H groups in total. The van der Waals surface area contributed by atoms with Crippen LogP contribution < -0.4 is 5.32 Å². The van der Waals surface area contributed by atoms with Crippen molar-refractivity contribution in [3.63, 3.8) is 0 Å². The third kappa shape index (κ3) is 4.09. The van der Waals surface area contributed by atoms with E-state index in [-0.39, 0.29) is 18.7 Å². The topological polar surface area (TPSA) is 69.0 Å². The van der Waals surface area contributed by atoms with Crippen molar-refractivity contribution >= 4 is 5.91 Å². The number of alkyl halides is 6. The number of aromatic nitrogens is 1. The predicted molar refractivity (Wildman–Crippen MR) is 93.2 cm³/mol. The number of carbonyl (C=O) groups is 1. The first kappa shape index (κ1) is 21.6. The number of benzene rings is 1. The molecule has 2 aromatic rings. The fourth-order valence-electron chi connectivity index (χ4n) is 3.23. The summed E-state index contributed by atoms with van der Waals surface area (Å²) >= 11 is 0. The van der Waals surface area contributed by atoms with E-state index < -0.39 is 46.3 Å². The van der Waals surface area contributed by atoms with Crippen molar-refractivity contribution in [2.75, 3.05) is 26.2 Å². The van der Waals surface area contributed by atoms with E-state index in [1.807, 2.05) is 0 Å². The van der Waals surface area contributed by atoms with Gasteiger partial charge in [-0.3, -0.25) is 4.79 Å². The highest BCUT2D eigenvalue weighted by Crippen LogP contribution is 2.42. The van der Waals surface area contributed by atoms with Gasteiger partial charge in [0.1, 0.15) is 6.07 Å². The van der Waals surface area contributed by atoms with Gasteiger partial charge in [-0.1, -0.05) is 30.3 Å². The number of hydrogen-bond donors (Lipinski definition) is 1. The van der Waals surface area contributed by atoms with Gasteiger partial charge >= 0.3 is 12.4 Å². The highest BCUT2D eigenvalue weighted by Gasteiger charge is 2.46. The number of nitrogens with zero attached hydrogens (tertiary/aromatic N) is 3. The van der Waals surface area contributed by atoms with Gasteiger partial charge in [0.25, 0.3) is 5.91 Å². The van der Waals surface area contributed by atoms with Crippen LogP contribution in [0.3, 0.4) is 0 Å². The third-order valence-corrected chi connectivity index (χ3v) is 4.53. The Bertz CT molecular complexity index is 989. The molecule has 1 amide bonds. The lowest BCUT2D eigenvalue weighted by Crippen LogP contribution is -2.47. The molecule has 0 atom stereocenters. The molecule has 1 aromatic carbocycles. The van der Waals surface area contributed by atoms with E-state index in [1.54, 1.807) is 0 Å². The van der Waals surface area contributed by atoms with Gasteiger partial charge < -0.3 is 10.2 Å². The number of pyridine rings is 1. The van der Waals surface area contributed by atoms with Crippen LogP contribution in [0.1, 0.15) is 27.3 Å². The molecule has 1 aromatic heterocycles. The lowest BCUT2D eigenvalue weighted by Gasteiger charge is -2.29. The highest BCUT2D eigenvalue weighted by atomic mass is 19.4. The highest BCUT2D eigenvalue weighted by molar-refractivity contribution is 6.03. The molecule has 0 unspecified atom stereocenters. The second kappa shape index (κ2) is 7.95. The standard InChI is InChI=1S/C19H14F6N4O/c20-18(21,22)15-12(10-26)13(11-4-2-1-3-5-11)14(16(28-15)19(23,24)25)17(30)29-8-6-27-7-9-29/h1-5,27H,6-9H2. The molecule has 158 valence electrons. The zero-order valence-corrected chi connectivity index (χ0v) is 15.2. The van der Waals surface area contributed by atoms with Crippen LogP contribution >= 0.6 is 0 Å². The Morgan fingerprint density at radius 1 is 1.00 bits per heavy atom. The van der Waals surface area contributed by atoms with Crippen LogP contribution in [0, 0.1) is 11.3 Å². The average molecular weight is 428 g/mol. The van der Waals surface area contributed by atoms with E-state index >= 15 is 0 Å². The van der Waals surface area contributed by atoms with Crippen LogP contribution in [0.5, 0.6) is 0 Å². The van der Waals surface area contributed by atoms with Gasteiger partial charge in [-0.2, -0.15) is 31.6 Å². The summed E-state index contributed by atoms with van der Waals surface area (Å²) in [5, 5.41) is 12.4. The van der Waals surface area contributed by atoms with Crippen LogP contribution in [0.4, 0.5) is 26.3 Å². The van der Waals surface area contributed by atoms with Gasteiger partial charge in [-0.05, 0) is 5.56 Å². The fraction of sp³-hybridized carbons (Fsp3) is 0.316. The monoisotopic (exact) mass is 428 g/mol. The molecule has 0 radical (unpaired) electrons. The Morgan fingerprint density at radius 3 is 2.07 bits per heavy atom. The first-order valence-electron chi connectivity index (χ1n) is 8.73. The van der Waals surface area contributed by atoms with Crippen LogP contribution in [0.15, 0.2) is 30.3 Å². The molecule has 11 heteroatoms. The summed E-state index contributed by atoms with van der Waals surface area (Å²) in [7, 11) is 0. The zero-order valence-electron chi connectivity index (χ0n) is 15.2. The number of amides is 1. The molecule has 3 rings (SSSR count). The number of hydrogen-bond acceptors (Lipinski definition) is 4. The molecule has 1 aliphatic rings. The van der Waals surface area contributed by atoms with Gasteiger partial charge in [0.2, 0.25) is 0 Å². The van der Waals surface area contributed by atoms with Crippen LogP contribution in [-0.4, -0.2) is 42.0 Å². The van der Waals surface area contributed by atoms with E-state index in [0.29, 0.717) is 13.1 Å². The molecular formula is C19H14F6N4O. The lowest BCUT2D eigenvalue weighted by molar-refractivity contribution is -0.150. The molecule has 5 nitrogen and oxygen atoms in total. The molecule has 0 aliphatic carbocycles. The maximum absolute atomic E-state index is 13.8. The van der Waals surface area contributed by atoms with Crippen molar-refractivity contribution in [3.05, 3.63) is 52.8 Å². The van der Waals surface area contributed by atoms with Crippen molar-refractivity contribution in [1.82, 2.24) is 15.2 Å². The summed E-state index contributed by atoms with van der Waals surface area (Å²) in [5.41, 5.74) is -6.97. The molecule has 2 heterocycles. The van der Waals surface area contributed by atoms with Crippen molar-refractivity contribution in [2.24, 2.45) is 0 Å². The SMILES string of the molecule is N#Cc1c(C(F)(F)F)nc(C(F)(F)F)c(C(=O)N2CCNCC2)c1-c1ccccc1. The minimum Gasteiger partial charge on any atom is -0.336 e. The van der Waals surface area contributed by atoms with Crippen molar-refractivity contribution < 1.29 is 31.1 Å². The van der Waals surface area contributed by atoms with Crippen molar-refractivity contribution in [3.8, 4) is 17.2 Å². The Morgan fingerprint density at radius 2 is 1.57 bits per heavy atom. The Labute approximate surface area is 166 Å². The second-order valence-electron chi connectivity index (χ2n) is 6.45. The minimum atomic E-state index is -5.35. The van der Waals surface area contributed by atoms with Crippen molar-refractivity contribution in [1.29, 1.82) is 5.26 Å². The molecule has 0 spiro atoms. The summed E-state index contributed by atoms with van der Waals surface area (Å²) in [6.45, 7) is 0.750. The molecule has 30 heavy (non-hydrogen) atoms. The number of rotatable bonds is 2. The third-order valence-electron chi connectivity index (χ3n) is 4.53. The predicted octanol–water partition coefficient (Wildman–Crippen LogP) is 3.70. The summed E-state index contributed by atoms with van der Waals surface area (Å²) in [4.78, 5) is 16.9. The molecule has 0 saturated carbocycles. The Balaban J connectivity index is 2.43. The summed E-state index contributed by atoms with van der Waals surface area (Å²) < 4.78 is 81.8. The lowest BCUT2D eigenvalue weighted by atomic mass is 9.91. The van der Waals surface area contributed by atoms with E-state index in [1.165, 1.54) is 36.4 Å². The first-order chi connectivity index (χ1) is 14.1.